The molecule has 0 bridgehead atoms. The van der Waals surface area contributed by atoms with Crippen molar-refractivity contribution in [3.8, 4) is 0 Å². The van der Waals surface area contributed by atoms with E-state index in [2.05, 4.69) is 14.2 Å². The van der Waals surface area contributed by atoms with Crippen LogP contribution >= 0.6 is 0 Å². The van der Waals surface area contributed by atoms with Crippen LogP contribution in [-0.2, 0) is 23.8 Å². The fraction of sp³-hybridized carbons (Fsp3) is 0.714. The van der Waals surface area contributed by atoms with Crippen molar-refractivity contribution in [2.24, 2.45) is 0 Å². The number of rotatable bonds is 5. The quantitative estimate of drug-likeness (QED) is 0.578. The second kappa shape index (κ2) is 5.50. The number of carboxylic acid groups (broad SMARTS) is 1. The minimum absolute atomic E-state index is 0.781. The second-order valence-electron chi connectivity index (χ2n) is 2.17. The molecule has 0 radical (unpaired) electrons. The van der Waals surface area contributed by atoms with E-state index in [1.54, 1.807) is 0 Å². The summed E-state index contributed by atoms with van der Waals surface area (Å²) in [6.45, 7) is 0. The summed E-state index contributed by atoms with van der Waals surface area (Å²) in [4.78, 5) is 21.5. The van der Waals surface area contributed by atoms with Gasteiger partial charge in [0.15, 0.2) is 12.2 Å². The number of methoxy groups -OCH3 is 3. The molecule has 13 heavy (non-hydrogen) atoms. The van der Waals surface area contributed by atoms with Crippen molar-refractivity contribution in [1.29, 1.82) is 0 Å². The third kappa shape index (κ3) is 3.00. The second-order valence-corrected chi connectivity index (χ2v) is 2.17. The molecule has 76 valence electrons. The van der Waals surface area contributed by atoms with E-state index < -0.39 is 24.1 Å². The molecule has 0 aromatic rings. The van der Waals surface area contributed by atoms with E-state index in [1.165, 1.54) is 14.2 Å². The minimum Gasteiger partial charge on any atom is -0.479 e. The number of hydrogen-bond donors (Lipinski definition) is 1. The Morgan fingerprint density at radius 1 is 1.08 bits per heavy atom. The van der Waals surface area contributed by atoms with Crippen LogP contribution in [0, 0.1) is 0 Å². The molecule has 0 spiro atoms. The van der Waals surface area contributed by atoms with Gasteiger partial charge in [-0.3, -0.25) is 0 Å². The molecule has 1 N–H and O–H groups in total. The van der Waals surface area contributed by atoms with Gasteiger partial charge in [0, 0.05) is 14.2 Å². The maximum atomic E-state index is 11.0. The largest absolute Gasteiger partial charge is 0.479 e. The van der Waals surface area contributed by atoms with Crippen LogP contribution in [0.3, 0.4) is 0 Å². The Morgan fingerprint density at radius 3 is 1.77 bits per heavy atom. The van der Waals surface area contributed by atoms with Gasteiger partial charge in [-0.1, -0.05) is 0 Å². The number of hydrogen-bond acceptors (Lipinski definition) is 5. The molecule has 0 rings (SSSR count). The predicted molar refractivity (Wildman–Crippen MR) is 41.2 cm³/mol. The summed E-state index contributed by atoms with van der Waals surface area (Å²) in [5, 5.41) is 8.61. The highest BCUT2D eigenvalue weighted by atomic mass is 16.6. The molecule has 0 saturated carbocycles. The first-order valence-corrected chi connectivity index (χ1v) is 3.44. The van der Waals surface area contributed by atoms with E-state index in [9.17, 15) is 9.59 Å². The lowest BCUT2D eigenvalue weighted by atomic mass is 10.2. The van der Waals surface area contributed by atoms with Gasteiger partial charge in [-0.25, -0.2) is 9.59 Å². The molecule has 2 atom stereocenters. The Hall–Kier alpha value is -1.14. The van der Waals surface area contributed by atoms with Gasteiger partial charge in [-0.2, -0.15) is 0 Å². The van der Waals surface area contributed by atoms with Gasteiger partial charge in [0.2, 0.25) is 0 Å². The van der Waals surface area contributed by atoms with E-state index in [4.69, 9.17) is 5.11 Å². The molecule has 0 fully saturated rings. The van der Waals surface area contributed by atoms with Crippen LogP contribution in [0.5, 0.6) is 0 Å². The average Bonchev–Trinajstić information content (AvgIpc) is 2.12. The minimum atomic E-state index is -1.35. The number of esters is 1. The standard InChI is InChI=1S/C7H12O6/c1-11-4(6(8)9)5(12-2)7(10)13-3/h4-5H,1-3H3,(H,8,9). The van der Waals surface area contributed by atoms with Gasteiger partial charge in [-0.05, 0) is 0 Å². The average molecular weight is 192 g/mol. The lowest BCUT2D eigenvalue weighted by Gasteiger charge is -2.18. The van der Waals surface area contributed by atoms with Gasteiger partial charge in [0.1, 0.15) is 0 Å². The highest BCUT2D eigenvalue weighted by Crippen LogP contribution is 2.04. The fourth-order valence-electron chi connectivity index (χ4n) is 0.813. The Bertz CT molecular complexity index is 189. The topological polar surface area (TPSA) is 82.1 Å². The van der Waals surface area contributed by atoms with Crippen LogP contribution in [0.4, 0.5) is 0 Å². The first kappa shape index (κ1) is 11.9. The zero-order chi connectivity index (χ0) is 10.4. The van der Waals surface area contributed by atoms with Crippen LogP contribution in [0.25, 0.3) is 0 Å². The fourth-order valence-corrected chi connectivity index (χ4v) is 0.813. The first-order chi connectivity index (χ1) is 6.08. The van der Waals surface area contributed by atoms with E-state index in [0.717, 1.165) is 7.11 Å². The lowest BCUT2D eigenvalue weighted by Crippen LogP contribution is -2.43. The molecule has 0 aliphatic carbocycles. The van der Waals surface area contributed by atoms with Crippen molar-refractivity contribution in [2.75, 3.05) is 21.3 Å². The third-order valence-electron chi connectivity index (χ3n) is 1.46. The van der Waals surface area contributed by atoms with Gasteiger partial charge < -0.3 is 19.3 Å². The highest BCUT2D eigenvalue weighted by molar-refractivity contribution is 5.84. The molecular weight excluding hydrogens is 180 g/mol. The van der Waals surface area contributed by atoms with E-state index in [1.807, 2.05) is 0 Å². The number of ether oxygens (including phenoxy) is 3. The van der Waals surface area contributed by atoms with Crippen molar-refractivity contribution in [1.82, 2.24) is 0 Å². The molecule has 0 aliphatic heterocycles. The molecule has 0 aliphatic rings. The predicted octanol–water partition coefficient (Wildman–Crippen LogP) is -0.726. The summed E-state index contributed by atoms with van der Waals surface area (Å²) in [7, 11) is 3.52. The molecule has 0 amide bonds. The van der Waals surface area contributed by atoms with Crippen LogP contribution < -0.4 is 0 Å². The summed E-state index contributed by atoms with van der Waals surface area (Å²) in [5.41, 5.74) is 0. The third-order valence-corrected chi connectivity index (χ3v) is 1.46. The Labute approximate surface area is 75.4 Å². The number of aliphatic carboxylic acids is 1. The summed E-state index contributed by atoms with van der Waals surface area (Å²) in [5.74, 6) is -2.06. The monoisotopic (exact) mass is 192 g/mol. The highest BCUT2D eigenvalue weighted by Gasteiger charge is 2.34. The summed E-state index contributed by atoms with van der Waals surface area (Å²) >= 11 is 0. The van der Waals surface area contributed by atoms with Crippen LogP contribution in [0.15, 0.2) is 0 Å². The SMILES string of the molecule is COC(=O)C(OC)C(OC)C(=O)O. The van der Waals surface area contributed by atoms with Crippen molar-refractivity contribution in [3.05, 3.63) is 0 Å². The van der Waals surface area contributed by atoms with Crippen LogP contribution in [0.2, 0.25) is 0 Å². The molecule has 0 aromatic carbocycles. The summed E-state index contributed by atoms with van der Waals surface area (Å²) in [6, 6.07) is 0. The first-order valence-electron chi connectivity index (χ1n) is 3.44. The zero-order valence-corrected chi connectivity index (χ0v) is 7.64. The van der Waals surface area contributed by atoms with Gasteiger partial charge >= 0.3 is 11.9 Å². The summed E-state index contributed by atoms with van der Waals surface area (Å²) in [6.07, 6.45) is -2.59. The Balaban J connectivity index is 4.52. The molecule has 6 nitrogen and oxygen atoms in total. The van der Waals surface area contributed by atoms with Crippen molar-refractivity contribution in [2.45, 2.75) is 12.2 Å². The molecule has 6 heteroatoms. The normalized spacial score (nSPS) is 14.7. The molecular formula is C7H12O6. The Kier molecular flexibility index (Phi) is 5.01. The molecule has 2 unspecified atom stereocenters. The molecule has 0 aromatic heterocycles. The van der Waals surface area contributed by atoms with Crippen LogP contribution in [-0.4, -0.2) is 50.6 Å². The lowest BCUT2D eigenvalue weighted by molar-refractivity contribution is -0.173. The van der Waals surface area contributed by atoms with Gasteiger partial charge in [0.25, 0.3) is 0 Å². The van der Waals surface area contributed by atoms with Crippen molar-refractivity contribution in [3.63, 3.8) is 0 Å². The molecule has 0 saturated heterocycles. The Morgan fingerprint density at radius 2 is 1.54 bits per heavy atom. The van der Waals surface area contributed by atoms with Crippen LogP contribution in [0.1, 0.15) is 0 Å². The maximum Gasteiger partial charge on any atom is 0.338 e. The van der Waals surface area contributed by atoms with Crippen molar-refractivity contribution >= 4 is 11.9 Å². The smallest absolute Gasteiger partial charge is 0.338 e. The number of carbonyl (C=O) groups excluding carboxylic acids is 1. The summed E-state index contributed by atoms with van der Waals surface area (Å²) < 4.78 is 13.5. The number of carbonyl (C=O) groups is 2. The number of carboxylic acids is 1. The van der Waals surface area contributed by atoms with E-state index >= 15 is 0 Å². The van der Waals surface area contributed by atoms with Gasteiger partial charge in [0.05, 0.1) is 7.11 Å². The van der Waals surface area contributed by atoms with Crippen molar-refractivity contribution < 1.29 is 28.9 Å². The molecule has 0 heterocycles. The van der Waals surface area contributed by atoms with E-state index in [-0.39, 0.29) is 0 Å². The van der Waals surface area contributed by atoms with Gasteiger partial charge in [-0.15, -0.1) is 0 Å². The zero-order valence-electron chi connectivity index (χ0n) is 7.64. The maximum absolute atomic E-state index is 11.0. The van der Waals surface area contributed by atoms with E-state index in [0.29, 0.717) is 0 Å².